The molecule has 0 bridgehead atoms. The van der Waals surface area contributed by atoms with Gasteiger partial charge in [-0.25, -0.2) is 9.18 Å². The van der Waals surface area contributed by atoms with E-state index in [1.54, 1.807) is 20.8 Å². The number of hydrogen-bond acceptors (Lipinski definition) is 3. The van der Waals surface area contributed by atoms with Crippen LogP contribution in [-0.4, -0.2) is 42.1 Å². The molecule has 0 radical (unpaired) electrons. The van der Waals surface area contributed by atoms with Crippen molar-refractivity contribution in [1.29, 1.82) is 0 Å². The molecule has 2 amide bonds. The zero-order chi connectivity index (χ0) is 19.7. The molecular weight excluding hydrogens is 356 g/mol. The van der Waals surface area contributed by atoms with E-state index in [9.17, 15) is 27.2 Å². The number of alkyl halides is 3. The molecule has 26 heavy (non-hydrogen) atoms. The Bertz CT molecular complexity index is 692. The number of ether oxygens (including phenoxy) is 1. The Labute approximate surface area is 148 Å². The van der Waals surface area contributed by atoms with Gasteiger partial charge in [0.25, 0.3) is 5.91 Å². The van der Waals surface area contributed by atoms with E-state index in [2.05, 4.69) is 5.32 Å². The summed E-state index contributed by atoms with van der Waals surface area (Å²) in [6.45, 7) is 6.19. The van der Waals surface area contributed by atoms with Crippen molar-refractivity contribution in [2.24, 2.45) is 5.92 Å². The van der Waals surface area contributed by atoms with Crippen molar-refractivity contribution >= 4 is 12.0 Å². The van der Waals surface area contributed by atoms with Crippen LogP contribution in [0.3, 0.4) is 0 Å². The molecule has 1 aliphatic rings. The Kier molecular flexibility index (Phi) is 5.48. The second-order valence-electron chi connectivity index (χ2n) is 7.15. The number of rotatable bonds is 3. The van der Waals surface area contributed by atoms with Gasteiger partial charge in [0.15, 0.2) is 0 Å². The summed E-state index contributed by atoms with van der Waals surface area (Å²) in [6, 6.07) is 1.76. The maximum atomic E-state index is 13.7. The molecule has 0 aliphatic carbocycles. The van der Waals surface area contributed by atoms with Gasteiger partial charge in [-0.2, -0.15) is 13.2 Å². The van der Waals surface area contributed by atoms with E-state index in [-0.39, 0.29) is 12.5 Å². The van der Waals surface area contributed by atoms with E-state index >= 15 is 0 Å². The number of amides is 2. The molecule has 1 fully saturated rings. The van der Waals surface area contributed by atoms with Crippen LogP contribution in [0.2, 0.25) is 0 Å². The van der Waals surface area contributed by atoms with E-state index < -0.39 is 40.7 Å². The van der Waals surface area contributed by atoms with Gasteiger partial charge in [0.05, 0.1) is 11.1 Å². The lowest BCUT2D eigenvalue weighted by atomic mass is 10.0. The minimum absolute atomic E-state index is 0.0241. The third kappa shape index (κ3) is 5.09. The van der Waals surface area contributed by atoms with Crippen molar-refractivity contribution < 1.29 is 31.9 Å². The smallest absolute Gasteiger partial charge is 0.416 e. The summed E-state index contributed by atoms with van der Waals surface area (Å²) in [4.78, 5) is 25.2. The highest BCUT2D eigenvalue weighted by molar-refractivity contribution is 5.94. The number of carbonyl (C=O) groups excluding carboxylic acids is 2. The van der Waals surface area contributed by atoms with Crippen LogP contribution in [0.25, 0.3) is 0 Å². The highest BCUT2D eigenvalue weighted by Gasteiger charge is 2.34. The van der Waals surface area contributed by atoms with Crippen molar-refractivity contribution in [3.63, 3.8) is 0 Å². The molecule has 1 heterocycles. The van der Waals surface area contributed by atoms with Gasteiger partial charge < -0.3 is 15.0 Å². The summed E-state index contributed by atoms with van der Waals surface area (Å²) >= 11 is 0. The molecule has 0 unspecified atom stereocenters. The van der Waals surface area contributed by atoms with Gasteiger partial charge >= 0.3 is 12.3 Å². The van der Waals surface area contributed by atoms with Crippen LogP contribution in [0.15, 0.2) is 18.2 Å². The fourth-order valence-corrected chi connectivity index (χ4v) is 2.38. The zero-order valence-electron chi connectivity index (χ0n) is 14.6. The lowest BCUT2D eigenvalue weighted by molar-refractivity contribution is -0.137. The largest absolute Gasteiger partial charge is 0.444 e. The molecule has 0 atom stereocenters. The van der Waals surface area contributed by atoms with Crippen LogP contribution in [0.1, 0.15) is 36.7 Å². The van der Waals surface area contributed by atoms with Crippen molar-refractivity contribution in [2.45, 2.75) is 32.5 Å². The predicted molar refractivity (Wildman–Crippen MR) is 85.0 cm³/mol. The van der Waals surface area contributed by atoms with Crippen molar-refractivity contribution in [3.8, 4) is 0 Å². The second-order valence-corrected chi connectivity index (χ2v) is 7.15. The minimum Gasteiger partial charge on any atom is -0.444 e. The molecule has 0 aromatic heterocycles. The SMILES string of the molecule is CC(C)(C)OC(=O)N1CC(CNC(=O)c2ccc(C(F)(F)F)cc2F)C1. The van der Waals surface area contributed by atoms with E-state index in [4.69, 9.17) is 4.74 Å². The maximum absolute atomic E-state index is 13.7. The summed E-state index contributed by atoms with van der Waals surface area (Å²) in [5.41, 5.74) is -2.21. The van der Waals surface area contributed by atoms with Crippen LogP contribution in [0.4, 0.5) is 22.4 Å². The number of halogens is 4. The third-order valence-corrected chi connectivity index (χ3v) is 3.70. The highest BCUT2D eigenvalue weighted by atomic mass is 19.4. The first-order valence-electron chi connectivity index (χ1n) is 7.99. The summed E-state index contributed by atoms with van der Waals surface area (Å²) < 4.78 is 56.5. The number of nitrogens with one attached hydrogen (secondary N) is 1. The Hall–Kier alpha value is -2.32. The average Bonchev–Trinajstić information content (AvgIpc) is 2.42. The van der Waals surface area contributed by atoms with Gasteiger partial charge in [0, 0.05) is 25.6 Å². The van der Waals surface area contributed by atoms with E-state index in [1.807, 2.05) is 0 Å². The molecule has 9 heteroatoms. The molecule has 1 aromatic rings. The van der Waals surface area contributed by atoms with Crippen LogP contribution in [0, 0.1) is 11.7 Å². The van der Waals surface area contributed by atoms with Crippen molar-refractivity contribution in [2.75, 3.05) is 19.6 Å². The van der Waals surface area contributed by atoms with Crippen LogP contribution < -0.4 is 5.32 Å². The second kappa shape index (κ2) is 7.13. The topological polar surface area (TPSA) is 58.6 Å². The quantitative estimate of drug-likeness (QED) is 0.823. The fourth-order valence-electron chi connectivity index (χ4n) is 2.38. The number of likely N-dealkylation sites (tertiary alicyclic amines) is 1. The zero-order valence-corrected chi connectivity index (χ0v) is 14.6. The van der Waals surface area contributed by atoms with Crippen LogP contribution >= 0.6 is 0 Å². The highest BCUT2D eigenvalue weighted by Crippen LogP contribution is 2.30. The Morgan fingerprint density at radius 2 is 1.85 bits per heavy atom. The van der Waals surface area contributed by atoms with E-state index in [0.717, 1.165) is 6.07 Å². The van der Waals surface area contributed by atoms with Crippen molar-refractivity contribution in [1.82, 2.24) is 10.2 Å². The first-order valence-corrected chi connectivity index (χ1v) is 7.99. The number of carbonyl (C=O) groups is 2. The van der Waals surface area contributed by atoms with Crippen LogP contribution in [-0.2, 0) is 10.9 Å². The molecular formula is C17H20F4N2O3. The molecule has 1 aromatic carbocycles. The fraction of sp³-hybridized carbons (Fsp3) is 0.529. The number of nitrogens with zero attached hydrogens (tertiary/aromatic N) is 1. The third-order valence-electron chi connectivity index (χ3n) is 3.70. The standard InChI is InChI=1S/C17H20F4N2O3/c1-16(2,3)26-15(25)23-8-10(9-23)7-22-14(24)12-5-4-11(6-13(12)18)17(19,20)21/h4-6,10H,7-9H2,1-3H3,(H,22,24). The molecule has 5 nitrogen and oxygen atoms in total. The Morgan fingerprint density at radius 3 is 2.35 bits per heavy atom. The summed E-state index contributed by atoms with van der Waals surface area (Å²) in [7, 11) is 0. The molecule has 1 N–H and O–H groups in total. The summed E-state index contributed by atoms with van der Waals surface area (Å²) in [5.74, 6) is -2.06. The molecule has 1 saturated heterocycles. The summed E-state index contributed by atoms with van der Waals surface area (Å²) in [6.07, 6.45) is -5.12. The molecule has 0 saturated carbocycles. The van der Waals surface area contributed by atoms with Gasteiger partial charge in [0.1, 0.15) is 11.4 Å². The Morgan fingerprint density at radius 1 is 1.23 bits per heavy atom. The predicted octanol–water partition coefficient (Wildman–Crippen LogP) is 3.44. The van der Waals surface area contributed by atoms with Crippen molar-refractivity contribution in [3.05, 3.63) is 35.1 Å². The van der Waals surface area contributed by atoms with E-state index in [0.29, 0.717) is 25.2 Å². The monoisotopic (exact) mass is 376 g/mol. The lowest BCUT2D eigenvalue weighted by Gasteiger charge is -2.39. The van der Waals surface area contributed by atoms with E-state index in [1.165, 1.54) is 4.90 Å². The molecule has 2 rings (SSSR count). The number of benzene rings is 1. The summed E-state index contributed by atoms with van der Waals surface area (Å²) in [5, 5.41) is 2.47. The first kappa shape index (κ1) is 20.0. The Balaban J connectivity index is 1.83. The van der Waals surface area contributed by atoms with Gasteiger partial charge in [-0.05, 0) is 39.0 Å². The molecule has 1 aliphatic heterocycles. The number of hydrogen-bond donors (Lipinski definition) is 1. The van der Waals surface area contributed by atoms with Gasteiger partial charge in [-0.1, -0.05) is 0 Å². The van der Waals surface area contributed by atoms with Gasteiger partial charge in [-0.15, -0.1) is 0 Å². The van der Waals surface area contributed by atoms with Gasteiger partial charge in [-0.3, -0.25) is 4.79 Å². The maximum Gasteiger partial charge on any atom is 0.416 e. The van der Waals surface area contributed by atoms with Gasteiger partial charge in [0.2, 0.25) is 0 Å². The normalized spacial score (nSPS) is 15.4. The lowest BCUT2D eigenvalue weighted by Crippen LogP contribution is -2.54. The first-order chi connectivity index (χ1) is 11.9. The molecule has 144 valence electrons. The van der Waals surface area contributed by atoms with Crippen LogP contribution in [0.5, 0.6) is 0 Å². The average molecular weight is 376 g/mol. The minimum atomic E-state index is -4.67. The molecule has 0 spiro atoms.